The number of rotatable bonds is 3. The summed E-state index contributed by atoms with van der Waals surface area (Å²) in [6, 6.07) is 15.5. The Morgan fingerprint density at radius 1 is 1.00 bits per heavy atom. The Labute approximate surface area is 129 Å². The third-order valence-corrected chi connectivity index (χ3v) is 3.53. The number of hydrogen-bond donors (Lipinski definition) is 1. The number of para-hydroxylation sites is 1. The Balaban J connectivity index is 1.99. The minimum absolute atomic E-state index is 0.189. The molecule has 3 rings (SSSR count). The van der Waals surface area contributed by atoms with Crippen molar-refractivity contribution in [2.75, 3.05) is 19.0 Å². The Hall–Kier alpha value is -2.88. The molecule has 1 N–H and O–H groups in total. The highest BCUT2D eigenvalue weighted by atomic mass is 16.3. The van der Waals surface area contributed by atoms with Crippen LogP contribution in [0.1, 0.15) is 11.3 Å². The lowest BCUT2D eigenvalue weighted by Gasteiger charge is -2.12. The maximum absolute atomic E-state index is 10.4. The molecule has 1 aromatic heterocycles. The third kappa shape index (κ3) is 2.76. The fourth-order valence-corrected chi connectivity index (χ4v) is 2.28. The van der Waals surface area contributed by atoms with Crippen molar-refractivity contribution in [3.8, 4) is 0 Å². The van der Waals surface area contributed by atoms with Crippen molar-refractivity contribution in [1.29, 1.82) is 0 Å². The molecule has 0 saturated heterocycles. The highest BCUT2D eigenvalue weighted by molar-refractivity contribution is 5.90. The smallest absolute Gasteiger partial charge is 0.124 e. The van der Waals surface area contributed by atoms with Crippen LogP contribution < -0.4 is 4.90 Å². The first kappa shape index (κ1) is 14.1. The van der Waals surface area contributed by atoms with Crippen molar-refractivity contribution in [3.05, 3.63) is 66.1 Å². The molecule has 110 valence electrons. The van der Waals surface area contributed by atoms with E-state index in [9.17, 15) is 5.11 Å². The molecule has 4 heteroatoms. The molecule has 0 aliphatic carbocycles. The predicted octanol–water partition coefficient (Wildman–Crippen LogP) is 3.75. The number of aliphatic hydroxyl groups is 1. The first-order valence-corrected chi connectivity index (χ1v) is 7.03. The molecule has 0 saturated carbocycles. The van der Waals surface area contributed by atoms with Crippen LogP contribution in [0, 0.1) is 0 Å². The maximum Gasteiger partial charge on any atom is 0.124 e. The fraction of sp³-hybridized carbons (Fsp3) is 0.111. The third-order valence-electron chi connectivity index (χ3n) is 3.53. The predicted molar refractivity (Wildman–Crippen MR) is 90.8 cm³/mol. The van der Waals surface area contributed by atoms with E-state index in [1.165, 1.54) is 6.33 Å². The monoisotopic (exact) mass is 291 g/mol. The van der Waals surface area contributed by atoms with Gasteiger partial charge in [-0.3, -0.25) is 0 Å². The van der Waals surface area contributed by atoms with Gasteiger partial charge in [-0.25, -0.2) is 9.97 Å². The van der Waals surface area contributed by atoms with Crippen LogP contribution in [0.4, 0.5) is 5.69 Å². The molecule has 0 amide bonds. The number of anilines is 1. The lowest BCUT2D eigenvalue weighted by molar-refractivity contribution is 0.515. The van der Waals surface area contributed by atoms with E-state index < -0.39 is 0 Å². The van der Waals surface area contributed by atoms with Gasteiger partial charge in [0.2, 0.25) is 0 Å². The number of aliphatic hydroxyl groups excluding tert-OH is 1. The average molecular weight is 291 g/mol. The zero-order chi connectivity index (χ0) is 15.5. The highest BCUT2D eigenvalue weighted by Gasteiger charge is 2.04. The molecule has 4 nitrogen and oxygen atoms in total. The van der Waals surface area contributed by atoms with Gasteiger partial charge in [-0.1, -0.05) is 18.2 Å². The fourth-order valence-electron chi connectivity index (χ4n) is 2.28. The molecule has 0 bridgehead atoms. The number of hydrogen-bond acceptors (Lipinski definition) is 4. The lowest BCUT2D eigenvalue weighted by Crippen LogP contribution is -2.08. The van der Waals surface area contributed by atoms with E-state index in [-0.39, 0.29) is 5.76 Å². The molecule has 22 heavy (non-hydrogen) atoms. The summed E-state index contributed by atoms with van der Waals surface area (Å²) in [7, 11) is 3.97. The van der Waals surface area contributed by atoms with Crippen LogP contribution in [-0.4, -0.2) is 29.2 Å². The Bertz CT molecular complexity index is 818. The molecule has 0 radical (unpaired) electrons. The number of nitrogens with zero attached hydrogens (tertiary/aromatic N) is 3. The summed E-state index contributed by atoms with van der Waals surface area (Å²) in [6.45, 7) is 0. The van der Waals surface area contributed by atoms with Gasteiger partial charge in [0, 0.05) is 36.8 Å². The molecule has 0 atom stereocenters. The van der Waals surface area contributed by atoms with Crippen LogP contribution in [-0.2, 0) is 0 Å². The quantitative estimate of drug-likeness (QED) is 0.747. The zero-order valence-electron chi connectivity index (χ0n) is 12.6. The van der Waals surface area contributed by atoms with Crippen LogP contribution in [0.2, 0.25) is 0 Å². The Kier molecular flexibility index (Phi) is 3.74. The standard InChI is InChI=1S/C18H17N3O/c1-21(2)14-9-7-13(8-10-14)18(22)11-17-15-5-3-4-6-16(15)19-12-20-17/h3-12,22H,1-2H3/b18-11+. The van der Waals surface area contributed by atoms with Gasteiger partial charge in [-0.15, -0.1) is 0 Å². The van der Waals surface area contributed by atoms with E-state index in [1.807, 2.05) is 67.5 Å². The highest BCUT2D eigenvalue weighted by Crippen LogP contribution is 2.21. The van der Waals surface area contributed by atoms with Gasteiger partial charge in [-0.05, 0) is 30.3 Å². The number of fused-ring (bicyclic) bond motifs is 1. The van der Waals surface area contributed by atoms with E-state index in [2.05, 4.69) is 9.97 Å². The summed E-state index contributed by atoms with van der Waals surface area (Å²) in [5.74, 6) is 0.189. The minimum atomic E-state index is 0.189. The van der Waals surface area contributed by atoms with Crippen molar-refractivity contribution in [2.45, 2.75) is 0 Å². The van der Waals surface area contributed by atoms with Crippen LogP contribution in [0.15, 0.2) is 54.9 Å². The van der Waals surface area contributed by atoms with E-state index in [0.29, 0.717) is 5.69 Å². The van der Waals surface area contributed by atoms with Gasteiger partial charge >= 0.3 is 0 Å². The molecular formula is C18H17N3O. The molecule has 2 aromatic carbocycles. The Morgan fingerprint density at radius 2 is 1.73 bits per heavy atom. The summed E-state index contributed by atoms with van der Waals surface area (Å²) in [5, 5.41) is 11.3. The first-order chi connectivity index (χ1) is 10.6. The zero-order valence-corrected chi connectivity index (χ0v) is 12.6. The van der Waals surface area contributed by atoms with Gasteiger partial charge in [0.1, 0.15) is 12.1 Å². The second-order valence-corrected chi connectivity index (χ2v) is 5.25. The second-order valence-electron chi connectivity index (χ2n) is 5.25. The van der Waals surface area contributed by atoms with Gasteiger partial charge in [0.05, 0.1) is 11.2 Å². The normalized spacial score (nSPS) is 11.6. The Morgan fingerprint density at radius 3 is 2.45 bits per heavy atom. The van der Waals surface area contributed by atoms with Crippen molar-refractivity contribution in [3.63, 3.8) is 0 Å². The van der Waals surface area contributed by atoms with Gasteiger partial charge in [0.25, 0.3) is 0 Å². The SMILES string of the molecule is CN(C)c1ccc(/C(O)=C\c2ncnc3ccccc23)cc1. The van der Waals surface area contributed by atoms with Crippen molar-refractivity contribution in [2.24, 2.45) is 0 Å². The van der Waals surface area contributed by atoms with E-state index in [1.54, 1.807) is 6.08 Å². The maximum atomic E-state index is 10.4. The molecule has 1 heterocycles. The van der Waals surface area contributed by atoms with E-state index in [0.717, 1.165) is 22.2 Å². The summed E-state index contributed by atoms with van der Waals surface area (Å²) in [4.78, 5) is 10.5. The second kappa shape index (κ2) is 5.85. The molecular weight excluding hydrogens is 274 g/mol. The van der Waals surface area contributed by atoms with Crippen LogP contribution >= 0.6 is 0 Å². The molecule has 0 unspecified atom stereocenters. The lowest BCUT2D eigenvalue weighted by atomic mass is 10.1. The summed E-state index contributed by atoms with van der Waals surface area (Å²) < 4.78 is 0. The van der Waals surface area contributed by atoms with Crippen LogP contribution in [0.25, 0.3) is 22.7 Å². The molecule has 0 spiro atoms. The number of benzene rings is 2. The van der Waals surface area contributed by atoms with Crippen LogP contribution in [0.3, 0.4) is 0 Å². The van der Waals surface area contributed by atoms with Crippen molar-refractivity contribution in [1.82, 2.24) is 9.97 Å². The van der Waals surface area contributed by atoms with E-state index in [4.69, 9.17) is 0 Å². The minimum Gasteiger partial charge on any atom is -0.507 e. The molecule has 0 aliphatic heterocycles. The van der Waals surface area contributed by atoms with Gasteiger partial charge in [-0.2, -0.15) is 0 Å². The van der Waals surface area contributed by atoms with Gasteiger partial charge in [0.15, 0.2) is 0 Å². The number of aromatic nitrogens is 2. The summed E-state index contributed by atoms with van der Waals surface area (Å²) in [5.41, 5.74) is 3.41. The topological polar surface area (TPSA) is 49.2 Å². The molecule has 0 fully saturated rings. The summed E-state index contributed by atoms with van der Waals surface area (Å²) in [6.07, 6.45) is 3.19. The molecule has 3 aromatic rings. The largest absolute Gasteiger partial charge is 0.507 e. The van der Waals surface area contributed by atoms with Crippen molar-refractivity contribution >= 4 is 28.4 Å². The van der Waals surface area contributed by atoms with Crippen molar-refractivity contribution < 1.29 is 5.11 Å². The first-order valence-electron chi connectivity index (χ1n) is 7.03. The average Bonchev–Trinajstić information content (AvgIpc) is 2.55. The summed E-state index contributed by atoms with van der Waals surface area (Å²) >= 11 is 0. The van der Waals surface area contributed by atoms with E-state index >= 15 is 0 Å². The molecule has 0 aliphatic rings. The van der Waals surface area contributed by atoms with Gasteiger partial charge < -0.3 is 10.0 Å². The van der Waals surface area contributed by atoms with Crippen LogP contribution in [0.5, 0.6) is 0 Å².